The van der Waals surface area contributed by atoms with Crippen LogP contribution in [0.3, 0.4) is 0 Å². The van der Waals surface area contributed by atoms with E-state index in [1.807, 2.05) is 13.8 Å². The van der Waals surface area contributed by atoms with Gasteiger partial charge in [0.1, 0.15) is 5.82 Å². The highest BCUT2D eigenvalue weighted by molar-refractivity contribution is 9.10. The molecule has 5 nitrogen and oxygen atoms in total. The highest BCUT2D eigenvalue weighted by Crippen LogP contribution is 2.39. The number of aryl methyl sites for hydroxylation is 1. The minimum Gasteiger partial charge on any atom is -0.481 e. The fourth-order valence-corrected chi connectivity index (χ4v) is 3.08. The number of nitrogens with one attached hydrogen (secondary N) is 1. The van der Waals surface area contributed by atoms with Gasteiger partial charge in [0, 0.05) is 10.7 Å². The lowest BCUT2D eigenvalue weighted by Crippen LogP contribution is -2.30. The molecule has 2 N–H and O–H groups in total. The van der Waals surface area contributed by atoms with Gasteiger partial charge in [-0.15, -0.1) is 0 Å². The maximum absolute atomic E-state index is 12.4. The van der Waals surface area contributed by atoms with Crippen molar-refractivity contribution in [2.75, 3.05) is 5.32 Å². The van der Waals surface area contributed by atoms with Gasteiger partial charge in [-0.05, 0) is 53.2 Å². The first-order chi connectivity index (χ1) is 9.92. The number of anilines is 1. The van der Waals surface area contributed by atoms with E-state index in [1.54, 1.807) is 12.3 Å². The highest BCUT2D eigenvalue weighted by Gasteiger charge is 2.42. The molecule has 0 spiro atoms. The number of aliphatic carboxylic acids is 1. The summed E-state index contributed by atoms with van der Waals surface area (Å²) in [6, 6.07) is 1.77. The number of aromatic nitrogens is 1. The first-order valence-electron chi connectivity index (χ1n) is 7.08. The first-order valence-corrected chi connectivity index (χ1v) is 7.87. The Kier molecular flexibility index (Phi) is 4.98. The summed E-state index contributed by atoms with van der Waals surface area (Å²) in [6.45, 7) is 3.94. The molecule has 1 aromatic rings. The largest absolute Gasteiger partial charge is 0.481 e. The maximum atomic E-state index is 12.4. The molecule has 0 aromatic carbocycles. The number of carbonyl (C=O) groups is 2. The van der Waals surface area contributed by atoms with Crippen molar-refractivity contribution in [1.29, 1.82) is 0 Å². The molecule has 3 atom stereocenters. The molecule has 1 heterocycles. The third-order valence-electron chi connectivity index (χ3n) is 4.19. The summed E-state index contributed by atoms with van der Waals surface area (Å²) in [4.78, 5) is 27.8. The van der Waals surface area contributed by atoms with Crippen molar-refractivity contribution in [1.82, 2.24) is 4.98 Å². The summed E-state index contributed by atoms with van der Waals surface area (Å²) in [6.07, 6.45) is 3.75. The number of carboxylic acids is 1. The van der Waals surface area contributed by atoms with Crippen LogP contribution in [-0.2, 0) is 9.59 Å². The Morgan fingerprint density at radius 3 is 2.67 bits per heavy atom. The normalized spacial score (nSPS) is 24.8. The van der Waals surface area contributed by atoms with E-state index in [0.717, 1.165) is 16.5 Å². The highest BCUT2D eigenvalue weighted by atomic mass is 79.9. The molecule has 114 valence electrons. The van der Waals surface area contributed by atoms with Crippen molar-refractivity contribution in [3.8, 4) is 0 Å². The van der Waals surface area contributed by atoms with Crippen LogP contribution in [0.25, 0.3) is 0 Å². The Labute approximate surface area is 132 Å². The van der Waals surface area contributed by atoms with Crippen LogP contribution in [-0.4, -0.2) is 22.0 Å². The second-order valence-corrected chi connectivity index (χ2v) is 6.46. The van der Waals surface area contributed by atoms with Gasteiger partial charge >= 0.3 is 5.97 Å². The van der Waals surface area contributed by atoms with Crippen LogP contribution >= 0.6 is 15.9 Å². The fourth-order valence-electron chi connectivity index (χ4n) is 2.87. The number of hydrogen-bond acceptors (Lipinski definition) is 3. The van der Waals surface area contributed by atoms with Gasteiger partial charge in [-0.3, -0.25) is 9.59 Å². The third-order valence-corrected chi connectivity index (χ3v) is 5.02. The number of hydrogen-bond donors (Lipinski definition) is 2. The predicted molar refractivity (Wildman–Crippen MR) is 82.9 cm³/mol. The van der Waals surface area contributed by atoms with Crippen LogP contribution < -0.4 is 5.32 Å². The SMILES string of the molecule is CCC1CC(C(=O)O)C(C(=O)Nc2cc(C)c(Br)cn2)C1. The molecule has 0 aliphatic heterocycles. The van der Waals surface area contributed by atoms with Gasteiger partial charge in [-0.25, -0.2) is 4.98 Å². The Morgan fingerprint density at radius 2 is 2.10 bits per heavy atom. The lowest BCUT2D eigenvalue weighted by Gasteiger charge is -2.15. The van der Waals surface area contributed by atoms with Gasteiger partial charge in [0.15, 0.2) is 0 Å². The van der Waals surface area contributed by atoms with Gasteiger partial charge in [-0.1, -0.05) is 13.3 Å². The molecule has 6 heteroatoms. The monoisotopic (exact) mass is 354 g/mol. The molecular weight excluding hydrogens is 336 g/mol. The Hall–Kier alpha value is -1.43. The summed E-state index contributed by atoms with van der Waals surface area (Å²) in [5.41, 5.74) is 0.966. The maximum Gasteiger partial charge on any atom is 0.307 e. The molecule has 1 saturated carbocycles. The van der Waals surface area contributed by atoms with E-state index >= 15 is 0 Å². The van der Waals surface area contributed by atoms with Crippen LogP contribution in [0, 0.1) is 24.7 Å². The predicted octanol–water partition coefficient (Wildman–Crippen LogP) is 3.23. The number of carbonyl (C=O) groups excluding carboxylic acids is 1. The molecule has 3 unspecified atom stereocenters. The standard InChI is InChI=1S/C15H19BrN2O3/c1-3-9-5-10(11(6-9)15(20)21)14(19)18-13-4-8(2)12(16)7-17-13/h4,7,9-11H,3,5-6H2,1-2H3,(H,20,21)(H,17,18,19). The molecule has 0 saturated heterocycles. The van der Waals surface area contributed by atoms with Crippen LogP contribution in [0.5, 0.6) is 0 Å². The van der Waals surface area contributed by atoms with Crippen molar-refractivity contribution in [2.24, 2.45) is 17.8 Å². The average molecular weight is 355 g/mol. The van der Waals surface area contributed by atoms with E-state index in [2.05, 4.69) is 26.2 Å². The molecule has 1 amide bonds. The van der Waals surface area contributed by atoms with Crippen LogP contribution in [0.15, 0.2) is 16.7 Å². The van der Waals surface area contributed by atoms with E-state index in [-0.39, 0.29) is 5.91 Å². The van der Waals surface area contributed by atoms with Gasteiger partial charge in [-0.2, -0.15) is 0 Å². The van der Waals surface area contributed by atoms with Crippen LogP contribution in [0.2, 0.25) is 0 Å². The van der Waals surface area contributed by atoms with Crippen molar-refractivity contribution in [3.05, 3.63) is 22.3 Å². The van der Waals surface area contributed by atoms with E-state index in [4.69, 9.17) is 0 Å². The van der Waals surface area contributed by atoms with E-state index in [9.17, 15) is 14.7 Å². The third kappa shape index (κ3) is 3.61. The van der Waals surface area contributed by atoms with E-state index in [0.29, 0.717) is 24.6 Å². The quantitative estimate of drug-likeness (QED) is 0.869. The summed E-state index contributed by atoms with van der Waals surface area (Å²) < 4.78 is 0.871. The Bertz CT molecular complexity index is 562. The lowest BCUT2D eigenvalue weighted by molar-refractivity contribution is -0.145. The number of carboxylic acid groups (broad SMARTS) is 1. The number of halogens is 1. The number of pyridine rings is 1. The average Bonchev–Trinajstić information content (AvgIpc) is 2.87. The topological polar surface area (TPSA) is 79.3 Å². The first kappa shape index (κ1) is 15.9. The summed E-state index contributed by atoms with van der Waals surface area (Å²) >= 11 is 3.35. The van der Waals surface area contributed by atoms with E-state index < -0.39 is 17.8 Å². The zero-order valence-corrected chi connectivity index (χ0v) is 13.7. The molecule has 0 radical (unpaired) electrons. The lowest BCUT2D eigenvalue weighted by atomic mass is 9.95. The molecule has 1 aliphatic carbocycles. The van der Waals surface area contributed by atoms with Gasteiger partial charge < -0.3 is 10.4 Å². The number of nitrogens with zero attached hydrogens (tertiary/aromatic N) is 1. The van der Waals surface area contributed by atoms with Crippen molar-refractivity contribution < 1.29 is 14.7 Å². The molecule has 1 aliphatic rings. The van der Waals surface area contributed by atoms with Crippen LogP contribution in [0.1, 0.15) is 31.7 Å². The fraction of sp³-hybridized carbons (Fsp3) is 0.533. The van der Waals surface area contributed by atoms with E-state index in [1.165, 1.54) is 0 Å². The molecular formula is C15H19BrN2O3. The second kappa shape index (κ2) is 6.56. The minimum atomic E-state index is -0.883. The van der Waals surface area contributed by atoms with Crippen LogP contribution in [0.4, 0.5) is 5.82 Å². The Morgan fingerprint density at radius 1 is 1.43 bits per heavy atom. The number of amides is 1. The summed E-state index contributed by atoms with van der Waals surface area (Å²) in [5.74, 6) is -1.42. The second-order valence-electron chi connectivity index (χ2n) is 5.60. The Balaban J connectivity index is 2.11. The summed E-state index contributed by atoms with van der Waals surface area (Å²) in [7, 11) is 0. The van der Waals surface area contributed by atoms with Crippen molar-refractivity contribution in [2.45, 2.75) is 33.1 Å². The van der Waals surface area contributed by atoms with Crippen molar-refractivity contribution >= 4 is 33.6 Å². The molecule has 1 fully saturated rings. The molecule has 0 bridgehead atoms. The number of rotatable bonds is 4. The zero-order valence-electron chi connectivity index (χ0n) is 12.1. The van der Waals surface area contributed by atoms with Gasteiger partial charge in [0.2, 0.25) is 5.91 Å². The van der Waals surface area contributed by atoms with Gasteiger partial charge in [0.05, 0.1) is 11.8 Å². The summed E-state index contributed by atoms with van der Waals surface area (Å²) in [5, 5.41) is 12.0. The van der Waals surface area contributed by atoms with Crippen molar-refractivity contribution in [3.63, 3.8) is 0 Å². The van der Waals surface area contributed by atoms with Gasteiger partial charge in [0.25, 0.3) is 0 Å². The molecule has 2 rings (SSSR count). The molecule has 21 heavy (non-hydrogen) atoms. The zero-order chi connectivity index (χ0) is 15.6. The smallest absolute Gasteiger partial charge is 0.307 e. The molecule has 1 aromatic heterocycles. The minimum absolute atomic E-state index is 0.243.